The predicted octanol–water partition coefficient (Wildman–Crippen LogP) is 4.75. The van der Waals surface area contributed by atoms with Gasteiger partial charge in [-0.1, -0.05) is 88.4 Å². The molecule has 46 heavy (non-hydrogen) atoms. The summed E-state index contributed by atoms with van der Waals surface area (Å²) in [5.74, 6) is 1.22. The zero-order valence-corrected chi connectivity index (χ0v) is 26.7. The van der Waals surface area contributed by atoms with Gasteiger partial charge >= 0.3 is 11.4 Å². The van der Waals surface area contributed by atoms with Crippen molar-refractivity contribution in [3.8, 4) is 22.8 Å². The molecule has 12 heteroatoms. The number of benzene rings is 2. The van der Waals surface area contributed by atoms with Gasteiger partial charge in [0.15, 0.2) is 11.3 Å². The van der Waals surface area contributed by atoms with Gasteiger partial charge in [-0.3, -0.25) is 27.9 Å². The van der Waals surface area contributed by atoms with E-state index in [9.17, 15) is 19.2 Å². The summed E-state index contributed by atoms with van der Waals surface area (Å²) in [6.45, 7) is 9.80. The summed E-state index contributed by atoms with van der Waals surface area (Å²) in [6, 6.07) is 19.2. The van der Waals surface area contributed by atoms with Crippen LogP contribution in [0.5, 0.6) is 0 Å². The van der Waals surface area contributed by atoms with Crippen LogP contribution >= 0.6 is 0 Å². The van der Waals surface area contributed by atoms with Crippen molar-refractivity contribution >= 4 is 22.3 Å². The summed E-state index contributed by atoms with van der Waals surface area (Å²) in [7, 11) is 0. The molecule has 6 aromatic rings. The molecule has 6 rings (SSSR count). The highest BCUT2D eigenvalue weighted by molar-refractivity contribution is 5.76. The van der Waals surface area contributed by atoms with Gasteiger partial charge in [-0.15, -0.1) is 0 Å². The Morgan fingerprint density at radius 1 is 0.500 bits per heavy atom. The average molecular weight is 625 g/mol. The topological polar surface area (TPSA) is 145 Å². The van der Waals surface area contributed by atoms with Crippen molar-refractivity contribution in [3.63, 3.8) is 0 Å². The molecule has 12 nitrogen and oxygen atoms in total. The lowest BCUT2D eigenvalue weighted by atomic mass is 10.2. The van der Waals surface area contributed by atoms with Gasteiger partial charge in [0.25, 0.3) is 11.1 Å². The Labute approximate surface area is 265 Å². The first-order chi connectivity index (χ1) is 22.3. The zero-order chi connectivity index (χ0) is 32.8. The minimum absolute atomic E-state index is 0.280. The van der Waals surface area contributed by atoms with Crippen LogP contribution in [0.2, 0.25) is 0 Å². The number of H-pyrrole nitrogens is 2. The second kappa shape index (κ2) is 14.2. The van der Waals surface area contributed by atoms with Crippen molar-refractivity contribution in [1.29, 1.82) is 0 Å². The quantitative estimate of drug-likeness (QED) is 0.225. The van der Waals surface area contributed by atoms with E-state index in [2.05, 4.69) is 19.9 Å². The Morgan fingerprint density at radius 2 is 0.826 bits per heavy atom. The minimum Gasteiger partial charge on any atom is -0.332 e. The Kier molecular flexibility index (Phi) is 9.94. The van der Waals surface area contributed by atoms with E-state index < -0.39 is 0 Å². The molecule has 4 heterocycles. The first-order valence-corrected chi connectivity index (χ1v) is 15.9. The lowest BCUT2D eigenvalue weighted by molar-refractivity contribution is 0.555. The molecule has 0 amide bonds. The largest absolute Gasteiger partial charge is 0.332 e. The third-order valence-corrected chi connectivity index (χ3v) is 7.61. The van der Waals surface area contributed by atoms with E-state index in [0.717, 1.165) is 36.8 Å². The van der Waals surface area contributed by atoms with Crippen molar-refractivity contribution in [3.05, 3.63) is 102 Å². The first kappa shape index (κ1) is 32.1. The second-order valence-electron chi connectivity index (χ2n) is 11.1. The summed E-state index contributed by atoms with van der Waals surface area (Å²) >= 11 is 0. The molecule has 4 aromatic heterocycles. The van der Waals surface area contributed by atoms with Crippen LogP contribution < -0.4 is 22.5 Å². The number of nitrogens with one attached hydrogen (secondary N) is 2. The molecule has 2 N–H and O–H groups in total. The van der Waals surface area contributed by atoms with E-state index in [1.807, 2.05) is 88.4 Å². The summed E-state index contributed by atoms with van der Waals surface area (Å²) in [5.41, 5.74) is 2.29. The van der Waals surface area contributed by atoms with Crippen LogP contribution in [0.4, 0.5) is 0 Å². The molecule has 0 fully saturated rings. The van der Waals surface area contributed by atoms with Gasteiger partial charge in [0.05, 0.1) is 0 Å². The number of hydrogen-bond acceptors (Lipinski definition) is 6. The lowest BCUT2D eigenvalue weighted by Gasteiger charge is -2.09. The fourth-order valence-corrected chi connectivity index (χ4v) is 5.49. The highest BCUT2D eigenvalue weighted by Crippen LogP contribution is 2.19. The highest BCUT2D eigenvalue weighted by atomic mass is 16.2. The van der Waals surface area contributed by atoms with Crippen molar-refractivity contribution in [1.82, 2.24) is 38.2 Å². The first-order valence-electron chi connectivity index (χ1n) is 15.9. The molecule has 0 saturated carbocycles. The molecule has 240 valence electrons. The number of aromatic nitrogens is 8. The van der Waals surface area contributed by atoms with Crippen molar-refractivity contribution in [2.75, 3.05) is 0 Å². The molecule has 0 aliphatic rings. The Hall–Kier alpha value is -5.26. The normalized spacial score (nSPS) is 11.2. The maximum atomic E-state index is 12.6. The number of hydrogen-bond donors (Lipinski definition) is 2. The standard InChI is InChI=1S/2C17H20N4O2/c2*1-3-10-20-15-13(16(22)21(11-4-2)17(20)23)18-14(19-15)12-8-6-5-7-9-12/h2*5-9H,3-4,10-11H2,1-2H3,(H,18,19). The lowest BCUT2D eigenvalue weighted by Crippen LogP contribution is -2.40. The van der Waals surface area contributed by atoms with E-state index in [-0.39, 0.29) is 22.5 Å². The van der Waals surface area contributed by atoms with E-state index in [4.69, 9.17) is 0 Å². The molecular formula is C34H40N8O4. The van der Waals surface area contributed by atoms with Gasteiger partial charge in [0, 0.05) is 37.3 Å². The molecule has 2 aromatic carbocycles. The predicted molar refractivity (Wildman–Crippen MR) is 181 cm³/mol. The Balaban J connectivity index is 0.000000181. The number of imidazole rings is 2. The van der Waals surface area contributed by atoms with E-state index >= 15 is 0 Å². The number of nitrogens with zero attached hydrogens (tertiary/aromatic N) is 6. The number of aryl methyl sites for hydroxylation is 2. The highest BCUT2D eigenvalue weighted by Gasteiger charge is 2.18. The second-order valence-corrected chi connectivity index (χ2v) is 11.1. The summed E-state index contributed by atoms with van der Waals surface area (Å²) in [4.78, 5) is 65.7. The molecule has 0 unspecified atom stereocenters. The van der Waals surface area contributed by atoms with Crippen molar-refractivity contribution < 1.29 is 0 Å². The SMILES string of the molecule is CCCn1c(=O)c2[nH]c(-c3ccccc3)nc2n(CCC)c1=O.CCCn1c(=O)c2[nH]c(-c3ccccc3)nc2n(CCC)c1=O. The molecule has 0 aliphatic heterocycles. The summed E-state index contributed by atoms with van der Waals surface area (Å²) < 4.78 is 5.78. The van der Waals surface area contributed by atoms with Gasteiger partial charge in [-0.2, -0.15) is 0 Å². The van der Waals surface area contributed by atoms with Crippen LogP contribution in [-0.4, -0.2) is 38.2 Å². The minimum atomic E-state index is -0.297. The van der Waals surface area contributed by atoms with E-state index in [1.54, 1.807) is 9.13 Å². The van der Waals surface area contributed by atoms with Crippen LogP contribution in [0.15, 0.2) is 79.8 Å². The third kappa shape index (κ3) is 6.15. The van der Waals surface area contributed by atoms with Crippen LogP contribution in [0.1, 0.15) is 53.4 Å². The molecule has 0 atom stereocenters. The molecular weight excluding hydrogens is 584 g/mol. The van der Waals surface area contributed by atoms with Crippen LogP contribution in [0.3, 0.4) is 0 Å². The van der Waals surface area contributed by atoms with Gasteiger partial charge in [0.2, 0.25) is 0 Å². The van der Waals surface area contributed by atoms with Gasteiger partial charge in [0.1, 0.15) is 22.7 Å². The van der Waals surface area contributed by atoms with Gasteiger partial charge in [-0.25, -0.2) is 19.6 Å². The molecule has 0 aliphatic carbocycles. The van der Waals surface area contributed by atoms with Crippen LogP contribution in [-0.2, 0) is 26.2 Å². The van der Waals surface area contributed by atoms with Crippen LogP contribution in [0, 0.1) is 0 Å². The third-order valence-electron chi connectivity index (χ3n) is 7.61. The molecule has 0 bridgehead atoms. The summed E-state index contributed by atoms with van der Waals surface area (Å²) in [6.07, 6.45) is 3.05. The molecule has 0 spiro atoms. The molecule has 0 radical (unpaired) electrons. The van der Waals surface area contributed by atoms with Gasteiger partial charge in [-0.05, 0) is 25.7 Å². The Morgan fingerprint density at radius 3 is 1.15 bits per heavy atom. The zero-order valence-electron chi connectivity index (χ0n) is 26.7. The smallest absolute Gasteiger partial charge is 0.332 e. The molecule has 0 saturated heterocycles. The van der Waals surface area contributed by atoms with Gasteiger partial charge < -0.3 is 9.97 Å². The average Bonchev–Trinajstić information content (AvgIpc) is 3.73. The summed E-state index contributed by atoms with van der Waals surface area (Å²) in [5, 5.41) is 0. The monoisotopic (exact) mass is 624 g/mol. The fraction of sp³-hybridized carbons (Fsp3) is 0.353. The number of fused-ring (bicyclic) bond motifs is 2. The number of aromatic amines is 2. The maximum absolute atomic E-state index is 12.6. The van der Waals surface area contributed by atoms with E-state index in [1.165, 1.54) is 9.13 Å². The van der Waals surface area contributed by atoms with Crippen molar-refractivity contribution in [2.24, 2.45) is 0 Å². The van der Waals surface area contributed by atoms with E-state index in [0.29, 0.717) is 60.2 Å². The fourth-order valence-electron chi connectivity index (χ4n) is 5.49. The maximum Gasteiger partial charge on any atom is 0.332 e. The van der Waals surface area contributed by atoms with Crippen LogP contribution in [0.25, 0.3) is 45.1 Å². The Bertz CT molecular complexity index is 2030. The number of rotatable bonds is 10. The van der Waals surface area contributed by atoms with Crippen molar-refractivity contribution in [2.45, 2.75) is 79.6 Å².